The van der Waals surface area contributed by atoms with Crippen LogP contribution in [0, 0.1) is 5.92 Å². The SMILES string of the molecule is COc1ccc([C@@H]2C[C@@H](C(=O)O)[C@@H]3CC[C@@H](c4ccc(OCc5ccccc5)cc4)ON23)cc1. The number of benzene rings is 3. The van der Waals surface area contributed by atoms with Crippen LogP contribution in [0.15, 0.2) is 78.9 Å². The number of carboxylic acids is 1. The summed E-state index contributed by atoms with van der Waals surface area (Å²) < 4.78 is 11.2. The van der Waals surface area contributed by atoms with E-state index in [1.807, 2.05) is 83.9 Å². The van der Waals surface area contributed by atoms with Crippen molar-refractivity contribution in [3.63, 3.8) is 0 Å². The largest absolute Gasteiger partial charge is 0.497 e. The highest BCUT2D eigenvalue weighted by Crippen LogP contribution is 2.48. The molecule has 0 bridgehead atoms. The lowest BCUT2D eigenvalue weighted by molar-refractivity contribution is -0.260. The predicted molar refractivity (Wildman–Crippen MR) is 127 cm³/mol. The molecule has 34 heavy (non-hydrogen) atoms. The van der Waals surface area contributed by atoms with Crippen molar-refractivity contribution in [1.29, 1.82) is 0 Å². The zero-order valence-corrected chi connectivity index (χ0v) is 19.2. The molecule has 0 aromatic heterocycles. The van der Waals surface area contributed by atoms with Crippen LogP contribution in [-0.4, -0.2) is 29.3 Å². The fourth-order valence-electron chi connectivity index (χ4n) is 5.03. The maximum atomic E-state index is 12.0. The Kier molecular flexibility index (Phi) is 6.52. The van der Waals surface area contributed by atoms with E-state index in [4.69, 9.17) is 14.3 Å². The summed E-state index contributed by atoms with van der Waals surface area (Å²) in [5.74, 6) is 0.388. The molecule has 6 nitrogen and oxygen atoms in total. The fourth-order valence-corrected chi connectivity index (χ4v) is 5.03. The smallest absolute Gasteiger partial charge is 0.308 e. The van der Waals surface area contributed by atoms with Crippen molar-refractivity contribution in [1.82, 2.24) is 5.06 Å². The molecule has 3 aromatic carbocycles. The average Bonchev–Trinajstić information content (AvgIpc) is 3.28. The van der Waals surface area contributed by atoms with Gasteiger partial charge in [-0.05, 0) is 60.2 Å². The number of hydroxylamine groups is 2. The van der Waals surface area contributed by atoms with Crippen LogP contribution in [0.5, 0.6) is 11.5 Å². The van der Waals surface area contributed by atoms with Gasteiger partial charge in [0, 0.05) is 6.04 Å². The van der Waals surface area contributed by atoms with Gasteiger partial charge in [0.2, 0.25) is 0 Å². The van der Waals surface area contributed by atoms with E-state index in [2.05, 4.69) is 0 Å². The van der Waals surface area contributed by atoms with Crippen LogP contribution in [-0.2, 0) is 16.2 Å². The van der Waals surface area contributed by atoms with Gasteiger partial charge in [-0.25, -0.2) is 0 Å². The third kappa shape index (κ3) is 4.65. The number of nitrogens with zero attached hydrogens (tertiary/aromatic N) is 1. The van der Waals surface area contributed by atoms with Crippen molar-refractivity contribution in [3.8, 4) is 11.5 Å². The van der Waals surface area contributed by atoms with Crippen LogP contribution >= 0.6 is 0 Å². The van der Waals surface area contributed by atoms with Gasteiger partial charge in [0.1, 0.15) is 24.2 Å². The van der Waals surface area contributed by atoms with Crippen LogP contribution in [0.4, 0.5) is 0 Å². The molecule has 0 aliphatic carbocycles. The number of aliphatic carboxylic acids is 1. The molecule has 1 N–H and O–H groups in total. The monoisotopic (exact) mass is 459 g/mol. The first-order chi connectivity index (χ1) is 16.6. The molecule has 4 atom stereocenters. The summed E-state index contributed by atoms with van der Waals surface area (Å²) >= 11 is 0. The zero-order valence-electron chi connectivity index (χ0n) is 19.2. The van der Waals surface area contributed by atoms with Crippen LogP contribution < -0.4 is 9.47 Å². The van der Waals surface area contributed by atoms with Crippen LogP contribution in [0.25, 0.3) is 0 Å². The second-order valence-electron chi connectivity index (χ2n) is 8.91. The topological polar surface area (TPSA) is 68.2 Å². The Balaban J connectivity index is 1.29. The Morgan fingerprint density at radius 3 is 2.29 bits per heavy atom. The normalized spacial score (nSPS) is 24.4. The summed E-state index contributed by atoms with van der Waals surface area (Å²) in [7, 11) is 1.64. The van der Waals surface area contributed by atoms with Crippen molar-refractivity contribution in [2.45, 2.75) is 44.1 Å². The summed E-state index contributed by atoms with van der Waals surface area (Å²) in [5, 5.41) is 11.8. The van der Waals surface area contributed by atoms with Crippen molar-refractivity contribution >= 4 is 5.97 Å². The lowest BCUT2D eigenvalue weighted by Gasteiger charge is -2.38. The molecule has 6 heteroatoms. The van der Waals surface area contributed by atoms with E-state index in [1.165, 1.54) is 0 Å². The summed E-state index contributed by atoms with van der Waals surface area (Å²) in [6, 6.07) is 25.7. The standard InChI is InChI=1S/C28H29NO5/c1-32-22-11-7-20(8-12-22)26-17-24(28(30)31)25-15-16-27(34-29(25)26)21-9-13-23(14-10-21)33-18-19-5-3-2-4-6-19/h2-14,24-27H,15-18H2,1H3,(H,30,31)/t24-,25+,26+,27+/m1/s1. The number of hydrogen-bond donors (Lipinski definition) is 1. The van der Waals surface area contributed by atoms with Crippen molar-refractivity contribution < 1.29 is 24.2 Å². The van der Waals surface area contributed by atoms with Gasteiger partial charge in [0.15, 0.2) is 0 Å². The Hall–Kier alpha value is -3.35. The van der Waals surface area contributed by atoms with Crippen molar-refractivity contribution in [3.05, 3.63) is 95.6 Å². The van der Waals surface area contributed by atoms with Gasteiger partial charge < -0.3 is 14.6 Å². The molecule has 2 saturated heterocycles. The first-order valence-electron chi connectivity index (χ1n) is 11.7. The number of carboxylic acid groups (broad SMARTS) is 1. The minimum atomic E-state index is -0.757. The molecule has 2 fully saturated rings. The molecule has 2 heterocycles. The van der Waals surface area contributed by atoms with Gasteiger partial charge in [-0.2, -0.15) is 5.06 Å². The van der Waals surface area contributed by atoms with Crippen LogP contribution in [0.3, 0.4) is 0 Å². The summed E-state index contributed by atoms with van der Waals surface area (Å²) in [5.41, 5.74) is 3.23. The number of ether oxygens (including phenoxy) is 2. The molecule has 0 spiro atoms. The van der Waals surface area contributed by atoms with E-state index < -0.39 is 11.9 Å². The molecule has 5 rings (SSSR count). The molecule has 2 aliphatic rings. The third-order valence-corrected chi connectivity index (χ3v) is 6.87. The third-order valence-electron chi connectivity index (χ3n) is 6.87. The first-order valence-corrected chi connectivity index (χ1v) is 11.7. The number of carbonyl (C=O) groups is 1. The fraction of sp³-hybridized carbons (Fsp3) is 0.321. The average molecular weight is 460 g/mol. The quantitative estimate of drug-likeness (QED) is 0.499. The highest BCUT2D eigenvalue weighted by molar-refractivity contribution is 5.71. The summed E-state index contributed by atoms with van der Waals surface area (Å²) in [6.07, 6.45) is 1.98. The number of hydrogen-bond acceptors (Lipinski definition) is 5. The highest BCUT2D eigenvalue weighted by Gasteiger charge is 2.49. The Morgan fingerprint density at radius 2 is 1.62 bits per heavy atom. The van der Waals surface area contributed by atoms with Gasteiger partial charge in [0.25, 0.3) is 0 Å². The lowest BCUT2D eigenvalue weighted by Crippen LogP contribution is -2.41. The van der Waals surface area contributed by atoms with Crippen molar-refractivity contribution in [2.24, 2.45) is 5.92 Å². The van der Waals surface area contributed by atoms with Gasteiger partial charge in [-0.3, -0.25) is 9.63 Å². The maximum absolute atomic E-state index is 12.0. The molecular formula is C28H29NO5. The first kappa shape index (κ1) is 22.4. The predicted octanol–water partition coefficient (Wildman–Crippen LogP) is 5.56. The van der Waals surface area contributed by atoms with E-state index in [1.54, 1.807) is 7.11 Å². The van der Waals surface area contributed by atoms with Crippen LogP contribution in [0.1, 0.15) is 48.1 Å². The van der Waals surface area contributed by atoms with Gasteiger partial charge in [0.05, 0.1) is 19.1 Å². The molecule has 2 aliphatic heterocycles. The summed E-state index contributed by atoms with van der Waals surface area (Å²) in [6.45, 7) is 0.524. The number of fused-ring (bicyclic) bond motifs is 1. The molecule has 3 aromatic rings. The molecule has 0 radical (unpaired) electrons. The Morgan fingerprint density at radius 1 is 0.941 bits per heavy atom. The highest BCUT2D eigenvalue weighted by atomic mass is 16.7. The zero-order chi connectivity index (χ0) is 23.5. The number of rotatable bonds is 7. The minimum absolute atomic E-state index is 0.103. The molecule has 0 amide bonds. The Bertz CT molecular complexity index is 1100. The second-order valence-corrected chi connectivity index (χ2v) is 8.91. The molecule has 0 unspecified atom stereocenters. The van der Waals surface area contributed by atoms with E-state index in [0.29, 0.717) is 13.0 Å². The molecular weight excluding hydrogens is 430 g/mol. The number of methoxy groups -OCH3 is 1. The van der Waals surface area contributed by atoms with Crippen LogP contribution in [0.2, 0.25) is 0 Å². The molecule has 176 valence electrons. The van der Waals surface area contributed by atoms with E-state index in [9.17, 15) is 9.90 Å². The van der Waals surface area contributed by atoms with Crippen molar-refractivity contribution in [2.75, 3.05) is 7.11 Å². The summed E-state index contributed by atoms with van der Waals surface area (Å²) in [4.78, 5) is 18.4. The van der Waals surface area contributed by atoms with E-state index >= 15 is 0 Å². The van der Waals surface area contributed by atoms with Gasteiger partial charge in [-0.15, -0.1) is 0 Å². The Labute approximate surface area is 199 Å². The molecule has 0 saturated carbocycles. The lowest BCUT2D eigenvalue weighted by atomic mass is 9.92. The van der Waals surface area contributed by atoms with E-state index in [0.717, 1.165) is 41.0 Å². The second kappa shape index (κ2) is 9.87. The minimum Gasteiger partial charge on any atom is -0.497 e. The van der Waals surface area contributed by atoms with Gasteiger partial charge in [-0.1, -0.05) is 54.6 Å². The van der Waals surface area contributed by atoms with Gasteiger partial charge >= 0.3 is 5.97 Å². The van der Waals surface area contributed by atoms with E-state index in [-0.39, 0.29) is 18.2 Å². The maximum Gasteiger partial charge on any atom is 0.308 e.